The highest BCUT2D eigenvalue weighted by molar-refractivity contribution is 5.89. The topological polar surface area (TPSA) is 78.8 Å². The van der Waals surface area contributed by atoms with Crippen LogP contribution in [-0.4, -0.2) is 42.0 Å². The molecule has 5 heteroatoms. The quantitative estimate of drug-likeness (QED) is 0.171. The van der Waals surface area contributed by atoms with Gasteiger partial charge in [-0.1, -0.05) is 90.4 Å². The molecule has 0 saturated heterocycles. The van der Waals surface area contributed by atoms with Gasteiger partial charge in [-0.2, -0.15) is 0 Å². The molecular formula is C26H45NO4. The van der Waals surface area contributed by atoms with Gasteiger partial charge < -0.3 is 20.3 Å². The van der Waals surface area contributed by atoms with Crippen LogP contribution in [-0.2, 0) is 4.74 Å². The van der Waals surface area contributed by atoms with Gasteiger partial charge in [0.05, 0.1) is 12.2 Å². The Hall–Kier alpha value is -1.59. The van der Waals surface area contributed by atoms with E-state index in [0.29, 0.717) is 5.56 Å². The smallest absolute Gasteiger partial charge is 0.338 e. The molecule has 0 aliphatic heterocycles. The van der Waals surface area contributed by atoms with Crippen LogP contribution in [0, 0.1) is 0 Å². The average molecular weight is 436 g/mol. The maximum absolute atomic E-state index is 11.8. The molecule has 0 radical (unpaired) electrons. The summed E-state index contributed by atoms with van der Waals surface area (Å²) in [6, 6.07) is 7.15. The normalized spacial score (nSPS) is 12.0. The van der Waals surface area contributed by atoms with Crippen molar-refractivity contribution in [1.82, 2.24) is 0 Å². The number of aliphatic hydroxyl groups is 2. The molecule has 5 nitrogen and oxygen atoms in total. The standard InChI is InChI=1S/C26H45NO4/c1-2-3-4-5-6-7-8-9-10-11-12-13-14-15-20-27-24-18-16-23(17-19-24)26(30)31-22-25(29)21-28/h16-19,25,27-29H,2-15,20-22H2,1H3. The SMILES string of the molecule is CCCCCCCCCCCCCCCCNc1ccc(C(=O)OCC(O)CO)cc1. The van der Waals surface area contributed by atoms with Crippen LogP contribution in [0.2, 0.25) is 0 Å². The summed E-state index contributed by atoms with van der Waals surface area (Å²) in [7, 11) is 0. The van der Waals surface area contributed by atoms with E-state index in [9.17, 15) is 9.90 Å². The number of aliphatic hydroxyl groups excluding tert-OH is 2. The molecule has 0 amide bonds. The van der Waals surface area contributed by atoms with Crippen molar-refractivity contribution >= 4 is 11.7 Å². The minimum Gasteiger partial charge on any atom is -0.459 e. The van der Waals surface area contributed by atoms with E-state index < -0.39 is 18.7 Å². The van der Waals surface area contributed by atoms with Crippen LogP contribution in [0.3, 0.4) is 0 Å². The van der Waals surface area contributed by atoms with E-state index in [1.165, 1.54) is 83.5 Å². The number of rotatable bonds is 20. The minimum atomic E-state index is -1.03. The van der Waals surface area contributed by atoms with Gasteiger partial charge >= 0.3 is 5.97 Å². The summed E-state index contributed by atoms with van der Waals surface area (Å²) in [6.45, 7) is 2.59. The van der Waals surface area contributed by atoms with E-state index in [1.54, 1.807) is 12.1 Å². The number of hydrogen-bond donors (Lipinski definition) is 3. The van der Waals surface area contributed by atoms with Gasteiger partial charge in [0, 0.05) is 12.2 Å². The predicted octanol–water partition coefficient (Wildman–Crippen LogP) is 6.09. The molecular weight excluding hydrogens is 390 g/mol. The third kappa shape index (κ3) is 14.9. The number of carbonyl (C=O) groups excluding carboxylic acids is 1. The van der Waals surface area contributed by atoms with E-state index >= 15 is 0 Å². The summed E-state index contributed by atoms with van der Waals surface area (Å²) in [5, 5.41) is 21.3. The summed E-state index contributed by atoms with van der Waals surface area (Å²) in [4.78, 5) is 11.8. The van der Waals surface area contributed by atoms with Crippen molar-refractivity contribution in [3.63, 3.8) is 0 Å². The van der Waals surface area contributed by atoms with Crippen molar-refractivity contribution in [1.29, 1.82) is 0 Å². The van der Waals surface area contributed by atoms with E-state index in [4.69, 9.17) is 9.84 Å². The second-order valence-electron chi connectivity index (χ2n) is 8.54. The lowest BCUT2D eigenvalue weighted by molar-refractivity contribution is 0.00933. The minimum absolute atomic E-state index is 0.200. The highest BCUT2D eigenvalue weighted by atomic mass is 16.5. The van der Waals surface area contributed by atoms with Crippen molar-refractivity contribution in [2.45, 2.75) is 103 Å². The summed E-state index contributed by atoms with van der Waals surface area (Å²) < 4.78 is 4.94. The zero-order valence-electron chi connectivity index (χ0n) is 19.6. The lowest BCUT2D eigenvalue weighted by atomic mass is 10.0. The Morgan fingerprint density at radius 3 is 1.81 bits per heavy atom. The van der Waals surface area contributed by atoms with Gasteiger partial charge in [0.15, 0.2) is 0 Å². The highest BCUT2D eigenvalue weighted by Crippen LogP contribution is 2.14. The molecule has 178 valence electrons. The second-order valence-corrected chi connectivity index (χ2v) is 8.54. The molecule has 0 fully saturated rings. The number of anilines is 1. The Morgan fingerprint density at radius 1 is 0.839 bits per heavy atom. The van der Waals surface area contributed by atoms with Crippen molar-refractivity contribution in [2.24, 2.45) is 0 Å². The number of unbranched alkanes of at least 4 members (excludes halogenated alkanes) is 13. The molecule has 31 heavy (non-hydrogen) atoms. The Bertz CT molecular complexity index is 547. The Balaban J connectivity index is 1.95. The second kappa shape index (κ2) is 19.1. The maximum Gasteiger partial charge on any atom is 0.338 e. The van der Waals surface area contributed by atoms with Crippen molar-refractivity contribution in [3.8, 4) is 0 Å². The molecule has 1 atom stereocenters. The van der Waals surface area contributed by atoms with Crippen LogP contribution >= 0.6 is 0 Å². The van der Waals surface area contributed by atoms with Crippen molar-refractivity contribution < 1.29 is 19.7 Å². The van der Waals surface area contributed by atoms with Crippen LogP contribution in [0.1, 0.15) is 107 Å². The molecule has 1 aromatic rings. The van der Waals surface area contributed by atoms with E-state index in [1.807, 2.05) is 12.1 Å². The van der Waals surface area contributed by atoms with Gasteiger partial charge in [0.2, 0.25) is 0 Å². The first-order chi connectivity index (χ1) is 15.2. The highest BCUT2D eigenvalue weighted by Gasteiger charge is 2.10. The van der Waals surface area contributed by atoms with Gasteiger partial charge in [-0.25, -0.2) is 4.79 Å². The third-order valence-electron chi connectivity index (χ3n) is 5.60. The fourth-order valence-electron chi connectivity index (χ4n) is 3.58. The van der Waals surface area contributed by atoms with Gasteiger partial charge in [-0.15, -0.1) is 0 Å². The lowest BCUT2D eigenvalue weighted by Gasteiger charge is -2.10. The van der Waals surface area contributed by atoms with E-state index in [-0.39, 0.29) is 6.61 Å². The Kier molecular flexibility index (Phi) is 16.9. The molecule has 0 aromatic heterocycles. The number of ether oxygens (including phenoxy) is 1. The Morgan fingerprint density at radius 2 is 1.32 bits per heavy atom. The number of nitrogens with one attached hydrogen (secondary N) is 1. The van der Waals surface area contributed by atoms with Crippen LogP contribution in [0.25, 0.3) is 0 Å². The van der Waals surface area contributed by atoms with Gasteiger partial charge in [0.1, 0.15) is 12.7 Å². The van der Waals surface area contributed by atoms with Gasteiger partial charge in [-0.05, 0) is 30.7 Å². The molecule has 1 aromatic carbocycles. The average Bonchev–Trinajstić information content (AvgIpc) is 2.80. The zero-order chi connectivity index (χ0) is 22.6. The number of hydrogen-bond acceptors (Lipinski definition) is 5. The van der Waals surface area contributed by atoms with Crippen LogP contribution in [0.4, 0.5) is 5.69 Å². The van der Waals surface area contributed by atoms with E-state index in [0.717, 1.165) is 18.7 Å². The molecule has 3 N–H and O–H groups in total. The third-order valence-corrected chi connectivity index (χ3v) is 5.60. The summed E-state index contributed by atoms with van der Waals surface area (Å²) in [5.41, 5.74) is 1.42. The molecule has 0 heterocycles. The number of benzene rings is 1. The summed E-state index contributed by atoms with van der Waals surface area (Å²) in [5.74, 6) is -0.494. The van der Waals surface area contributed by atoms with Gasteiger partial charge in [0.25, 0.3) is 0 Å². The first kappa shape index (κ1) is 27.4. The van der Waals surface area contributed by atoms with Crippen molar-refractivity contribution in [2.75, 3.05) is 25.1 Å². The number of carbonyl (C=O) groups is 1. The fraction of sp³-hybridized carbons (Fsp3) is 0.731. The van der Waals surface area contributed by atoms with Crippen molar-refractivity contribution in [3.05, 3.63) is 29.8 Å². The lowest BCUT2D eigenvalue weighted by Crippen LogP contribution is -2.21. The van der Waals surface area contributed by atoms with Crippen LogP contribution in [0.5, 0.6) is 0 Å². The van der Waals surface area contributed by atoms with Crippen LogP contribution < -0.4 is 5.32 Å². The molecule has 0 spiro atoms. The molecule has 0 aliphatic rings. The fourth-order valence-corrected chi connectivity index (χ4v) is 3.58. The molecule has 0 aliphatic carbocycles. The molecule has 0 bridgehead atoms. The molecule has 1 unspecified atom stereocenters. The molecule has 0 saturated carbocycles. The maximum atomic E-state index is 11.8. The first-order valence-corrected chi connectivity index (χ1v) is 12.5. The number of esters is 1. The molecule has 1 rings (SSSR count). The van der Waals surface area contributed by atoms with E-state index in [2.05, 4.69) is 12.2 Å². The Labute approximate surface area is 189 Å². The summed E-state index contributed by atoms with van der Waals surface area (Å²) >= 11 is 0. The largest absolute Gasteiger partial charge is 0.459 e. The monoisotopic (exact) mass is 435 g/mol. The predicted molar refractivity (Wildman–Crippen MR) is 129 cm³/mol. The first-order valence-electron chi connectivity index (χ1n) is 12.5. The zero-order valence-corrected chi connectivity index (χ0v) is 19.6. The summed E-state index contributed by atoms with van der Waals surface area (Å²) in [6.07, 6.45) is 18.0. The van der Waals surface area contributed by atoms with Crippen LogP contribution in [0.15, 0.2) is 24.3 Å². The van der Waals surface area contributed by atoms with Gasteiger partial charge in [-0.3, -0.25) is 0 Å².